The number of nitrogens with one attached hydrogen (secondary N) is 1. The Kier molecular flexibility index (Phi) is 4.68. The lowest BCUT2D eigenvalue weighted by Crippen LogP contribution is -2.34. The summed E-state index contributed by atoms with van der Waals surface area (Å²) in [6, 6.07) is 8.08. The minimum atomic E-state index is 0.0824. The number of amides is 1. The first-order valence-corrected chi connectivity index (χ1v) is 7.61. The SMILES string of the molecule is O=C(CCCn1cncn1)NCC1COc2ccccc2C1. The zero-order chi connectivity index (χ0) is 15.2. The lowest BCUT2D eigenvalue weighted by molar-refractivity contribution is -0.121. The summed E-state index contributed by atoms with van der Waals surface area (Å²) in [5.41, 5.74) is 1.22. The van der Waals surface area contributed by atoms with Crippen LogP contribution in [0.1, 0.15) is 18.4 Å². The van der Waals surface area contributed by atoms with Gasteiger partial charge in [0.05, 0.1) is 6.61 Å². The maximum Gasteiger partial charge on any atom is 0.220 e. The molecular formula is C16H20N4O2. The Labute approximate surface area is 129 Å². The summed E-state index contributed by atoms with van der Waals surface area (Å²) in [5, 5.41) is 7.01. The van der Waals surface area contributed by atoms with Crippen LogP contribution in [0.5, 0.6) is 5.75 Å². The molecule has 1 aliphatic rings. The van der Waals surface area contributed by atoms with Crippen LogP contribution in [0.4, 0.5) is 0 Å². The summed E-state index contributed by atoms with van der Waals surface area (Å²) in [6.45, 7) is 2.04. The Morgan fingerprint density at radius 3 is 3.18 bits per heavy atom. The van der Waals surface area contributed by atoms with E-state index in [1.54, 1.807) is 11.0 Å². The highest BCUT2D eigenvalue weighted by atomic mass is 16.5. The first kappa shape index (κ1) is 14.6. The number of aromatic nitrogens is 3. The predicted octanol–water partition coefficient (Wildman–Crippen LogP) is 1.43. The Morgan fingerprint density at radius 2 is 2.32 bits per heavy atom. The molecule has 2 aromatic rings. The fourth-order valence-electron chi connectivity index (χ4n) is 2.62. The molecule has 1 unspecified atom stereocenters. The zero-order valence-corrected chi connectivity index (χ0v) is 12.4. The van der Waals surface area contributed by atoms with Gasteiger partial charge in [0, 0.05) is 25.4 Å². The highest BCUT2D eigenvalue weighted by Crippen LogP contribution is 2.26. The van der Waals surface area contributed by atoms with E-state index in [9.17, 15) is 4.79 Å². The topological polar surface area (TPSA) is 69.0 Å². The summed E-state index contributed by atoms with van der Waals surface area (Å²) in [4.78, 5) is 15.7. The van der Waals surface area contributed by atoms with Crippen LogP contribution >= 0.6 is 0 Å². The number of carbonyl (C=O) groups excluding carboxylic acids is 1. The van der Waals surface area contributed by atoms with Gasteiger partial charge in [0.1, 0.15) is 18.4 Å². The molecule has 1 aromatic carbocycles. The number of fused-ring (bicyclic) bond motifs is 1. The van der Waals surface area contributed by atoms with Crippen molar-refractivity contribution < 1.29 is 9.53 Å². The predicted molar refractivity (Wildman–Crippen MR) is 81.4 cm³/mol. The van der Waals surface area contributed by atoms with E-state index in [0.29, 0.717) is 32.0 Å². The minimum Gasteiger partial charge on any atom is -0.493 e. The zero-order valence-electron chi connectivity index (χ0n) is 12.4. The smallest absolute Gasteiger partial charge is 0.220 e. The Hall–Kier alpha value is -2.37. The third-order valence-corrected chi connectivity index (χ3v) is 3.80. The van der Waals surface area contributed by atoms with Crippen LogP contribution in [-0.2, 0) is 17.8 Å². The number of carbonyl (C=O) groups is 1. The molecule has 0 saturated carbocycles. The van der Waals surface area contributed by atoms with Crippen molar-refractivity contribution in [1.82, 2.24) is 20.1 Å². The first-order chi connectivity index (χ1) is 10.8. The second-order valence-electron chi connectivity index (χ2n) is 5.56. The van der Waals surface area contributed by atoms with Crippen molar-refractivity contribution in [1.29, 1.82) is 0 Å². The molecule has 0 aliphatic carbocycles. The van der Waals surface area contributed by atoms with Gasteiger partial charge in [-0.1, -0.05) is 18.2 Å². The second-order valence-corrected chi connectivity index (χ2v) is 5.56. The number of hydrogen-bond donors (Lipinski definition) is 1. The average molecular weight is 300 g/mol. The van der Waals surface area contributed by atoms with Gasteiger partial charge in [-0.15, -0.1) is 0 Å². The molecule has 2 heterocycles. The molecule has 0 radical (unpaired) electrons. The Morgan fingerprint density at radius 1 is 1.41 bits per heavy atom. The molecule has 1 atom stereocenters. The minimum absolute atomic E-state index is 0.0824. The summed E-state index contributed by atoms with van der Waals surface area (Å²) in [6.07, 6.45) is 5.38. The number of aryl methyl sites for hydroxylation is 1. The van der Waals surface area contributed by atoms with E-state index >= 15 is 0 Å². The third-order valence-electron chi connectivity index (χ3n) is 3.80. The van der Waals surface area contributed by atoms with E-state index in [0.717, 1.165) is 18.6 Å². The molecule has 0 saturated heterocycles. The lowest BCUT2D eigenvalue weighted by atomic mass is 9.97. The number of para-hydroxylation sites is 1. The lowest BCUT2D eigenvalue weighted by Gasteiger charge is -2.25. The molecule has 1 N–H and O–H groups in total. The molecule has 1 amide bonds. The Bertz CT molecular complexity index is 612. The van der Waals surface area contributed by atoms with Gasteiger partial charge in [-0.2, -0.15) is 5.10 Å². The highest BCUT2D eigenvalue weighted by molar-refractivity contribution is 5.75. The Balaban J connectivity index is 1.37. The largest absolute Gasteiger partial charge is 0.493 e. The van der Waals surface area contributed by atoms with Gasteiger partial charge in [0.2, 0.25) is 5.91 Å². The average Bonchev–Trinajstić information content (AvgIpc) is 3.06. The van der Waals surface area contributed by atoms with Gasteiger partial charge < -0.3 is 10.1 Å². The van der Waals surface area contributed by atoms with Crippen molar-refractivity contribution in [3.63, 3.8) is 0 Å². The van der Waals surface area contributed by atoms with Gasteiger partial charge >= 0.3 is 0 Å². The summed E-state index contributed by atoms with van der Waals surface area (Å²) in [5.74, 6) is 1.39. The maximum absolute atomic E-state index is 11.9. The van der Waals surface area contributed by atoms with Gasteiger partial charge in [-0.25, -0.2) is 4.98 Å². The maximum atomic E-state index is 11.9. The number of nitrogens with zero attached hydrogens (tertiary/aromatic N) is 3. The number of hydrogen-bond acceptors (Lipinski definition) is 4. The number of ether oxygens (including phenoxy) is 1. The summed E-state index contributed by atoms with van der Waals surface area (Å²) >= 11 is 0. The van der Waals surface area contributed by atoms with Crippen molar-refractivity contribution >= 4 is 5.91 Å². The van der Waals surface area contributed by atoms with Gasteiger partial charge in [-0.3, -0.25) is 9.48 Å². The monoisotopic (exact) mass is 300 g/mol. The van der Waals surface area contributed by atoms with Gasteiger partial charge in [0.15, 0.2) is 0 Å². The fraction of sp³-hybridized carbons (Fsp3) is 0.438. The van der Waals surface area contributed by atoms with Crippen LogP contribution in [-0.4, -0.2) is 33.8 Å². The van der Waals surface area contributed by atoms with Crippen LogP contribution in [0.2, 0.25) is 0 Å². The van der Waals surface area contributed by atoms with E-state index in [-0.39, 0.29) is 5.91 Å². The van der Waals surface area contributed by atoms with Crippen molar-refractivity contribution in [3.05, 3.63) is 42.5 Å². The van der Waals surface area contributed by atoms with Crippen LogP contribution < -0.4 is 10.1 Å². The van der Waals surface area contributed by atoms with Crippen LogP contribution in [0.3, 0.4) is 0 Å². The third kappa shape index (κ3) is 3.84. The molecule has 0 spiro atoms. The fourth-order valence-corrected chi connectivity index (χ4v) is 2.62. The molecule has 0 bridgehead atoms. The molecule has 3 rings (SSSR count). The highest BCUT2D eigenvalue weighted by Gasteiger charge is 2.19. The van der Waals surface area contributed by atoms with E-state index in [2.05, 4.69) is 21.5 Å². The first-order valence-electron chi connectivity index (χ1n) is 7.61. The summed E-state index contributed by atoms with van der Waals surface area (Å²) < 4.78 is 7.46. The van der Waals surface area contributed by atoms with Crippen molar-refractivity contribution in [2.45, 2.75) is 25.8 Å². The quantitative estimate of drug-likeness (QED) is 0.876. The molecule has 1 aromatic heterocycles. The molecule has 0 fully saturated rings. The van der Waals surface area contributed by atoms with Crippen molar-refractivity contribution in [3.8, 4) is 5.75 Å². The van der Waals surface area contributed by atoms with Gasteiger partial charge in [-0.05, 0) is 24.5 Å². The molecule has 1 aliphatic heterocycles. The van der Waals surface area contributed by atoms with E-state index in [4.69, 9.17) is 4.74 Å². The standard InChI is InChI=1S/C16H20N4O2/c21-16(6-3-7-20-12-17-11-19-20)18-9-13-8-14-4-1-2-5-15(14)22-10-13/h1-2,4-5,11-13H,3,6-10H2,(H,18,21). The van der Waals surface area contributed by atoms with Crippen molar-refractivity contribution in [2.24, 2.45) is 5.92 Å². The number of benzene rings is 1. The van der Waals surface area contributed by atoms with E-state index < -0.39 is 0 Å². The molecule has 116 valence electrons. The van der Waals surface area contributed by atoms with Crippen molar-refractivity contribution in [2.75, 3.05) is 13.2 Å². The van der Waals surface area contributed by atoms with Crippen LogP contribution in [0.25, 0.3) is 0 Å². The molecule has 6 heteroatoms. The molecule has 6 nitrogen and oxygen atoms in total. The van der Waals surface area contributed by atoms with Crippen LogP contribution in [0.15, 0.2) is 36.9 Å². The molecular weight excluding hydrogens is 280 g/mol. The normalized spacial score (nSPS) is 16.6. The summed E-state index contributed by atoms with van der Waals surface area (Å²) in [7, 11) is 0. The van der Waals surface area contributed by atoms with Crippen LogP contribution in [0, 0.1) is 5.92 Å². The van der Waals surface area contributed by atoms with Gasteiger partial charge in [0.25, 0.3) is 0 Å². The molecule has 22 heavy (non-hydrogen) atoms. The number of rotatable bonds is 6. The van der Waals surface area contributed by atoms with E-state index in [1.807, 2.05) is 18.2 Å². The second kappa shape index (κ2) is 7.06. The van der Waals surface area contributed by atoms with E-state index in [1.165, 1.54) is 11.9 Å².